The number of rotatable bonds is 4. The lowest BCUT2D eigenvalue weighted by Gasteiger charge is -2.46. The Bertz CT molecular complexity index is 696. The van der Waals surface area contributed by atoms with E-state index in [2.05, 4.69) is 29.2 Å². The molecule has 0 radical (unpaired) electrons. The predicted molar refractivity (Wildman–Crippen MR) is 102 cm³/mol. The second-order valence-corrected chi connectivity index (χ2v) is 9.01. The van der Waals surface area contributed by atoms with Crippen molar-refractivity contribution < 1.29 is 19.1 Å². The van der Waals surface area contributed by atoms with Crippen molar-refractivity contribution >= 4 is 12.1 Å². The summed E-state index contributed by atoms with van der Waals surface area (Å²) in [5.41, 5.74) is 1.70. The molecule has 2 heterocycles. The van der Waals surface area contributed by atoms with Gasteiger partial charge in [-0.25, -0.2) is 4.79 Å². The van der Waals surface area contributed by atoms with Crippen molar-refractivity contribution in [3.05, 3.63) is 35.4 Å². The molecular weight excluding hydrogens is 344 g/mol. The first-order valence-electron chi connectivity index (χ1n) is 9.52. The molecule has 0 bridgehead atoms. The third-order valence-corrected chi connectivity index (χ3v) is 4.90. The van der Waals surface area contributed by atoms with E-state index in [1.54, 1.807) is 4.90 Å². The van der Waals surface area contributed by atoms with Gasteiger partial charge in [0, 0.05) is 45.6 Å². The number of benzene rings is 1. The van der Waals surface area contributed by atoms with Crippen LogP contribution < -0.4 is 0 Å². The quantitative estimate of drug-likeness (QED) is 0.758. The highest BCUT2D eigenvalue weighted by Crippen LogP contribution is 2.30. The zero-order valence-electron chi connectivity index (χ0n) is 16.9. The Kier molecular flexibility index (Phi) is 5.21. The summed E-state index contributed by atoms with van der Waals surface area (Å²) in [7, 11) is 0. The van der Waals surface area contributed by atoms with Gasteiger partial charge in [-0.2, -0.15) is 0 Å². The van der Waals surface area contributed by atoms with E-state index in [1.807, 2.05) is 27.7 Å². The van der Waals surface area contributed by atoms with E-state index in [0.29, 0.717) is 19.0 Å². The summed E-state index contributed by atoms with van der Waals surface area (Å²) in [6, 6.07) is 8.59. The molecule has 6 heteroatoms. The zero-order chi connectivity index (χ0) is 19.8. The highest BCUT2D eigenvalue weighted by Gasteiger charge is 2.41. The number of likely N-dealkylation sites (tertiary alicyclic amines) is 2. The Morgan fingerprint density at radius 1 is 1.15 bits per heavy atom. The zero-order valence-corrected chi connectivity index (χ0v) is 16.9. The van der Waals surface area contributed by atoms with Gasteiger partial charge in [-0.1, -0.05) is 24.3 Å². The van der Waals surface area contributed by atoms with Crippen LogP contribution in [0.25, 0.3) is 0 Å². The predicted octanol–water partition coefficient (Wildman–Crippen LogP) is 3.16. The molecule has 1 amide bonds. The van der Waals surface area contributed by atoms with E-state index < -0.39 is 5.60 Å². The number of nitrogens with zero attached hydrogens (tertiary/aromatic N) is 2. The van der Waals surface area contributed by atoms with Crippen molar-refractivity contribution in [2.45, 2.75) is 58.3 Å². The standard InChI is InChI=1S/C21H30N2O4/c1-15(24)26-21(5)13-22(14-21)10-16-6-8-17(9-7-16)18-11-23(12-18)19(25)27-20(2,3)4/h6-9,18H,10-14H2,1-5H3. The molecule has 2 fully saturated rings. The fraction of sp³-hybridized carbons (Fsp3) is 0.619. The Labute approximate surface area is 161 Å². The highest BCUT2D eigenvalue weighted by atomic mass is 16.6. The van der Waals surface area contributed by atoms with Gasteiger partial charge in [0.05, 0.1) is 0 Å². The molecule has 0 unspecified atom stereocenters. The minimum atomic E-state index is -0.452. The van der Waals surface area contributed by atoms with Crippen LogP contribution in [0.5, 0.6) is 0 Å². The summed E-state index contributed by atoms with van der Waals surface area (Å²) in [4.78, 5) is 27.2. The smallest absolute Gasteiger partial charge is 0.410 e. The van der Waals surface area contributed by atoms with E-state index >= 15 is 0 Å². The molecule has 0 aliphatic carbocycles. The number of hydrogen-bond donors (Lipinski definition) is 0. The van der Waals surface area contributed by atoms with Crippen LogP contribution in [0.2, 0.25) is 0 Å². The summed E-state index contributed by atoms with van der Waals surface area (Å²) in [5.74, 6) is 0.158. The van der Waals surface area contributed by atoms with E-state index in [9.17, 15) is 9.59 Å². The van der Waals surface area contributed by atoms with E-state index in [0.717, 1.165) is 19.6 Å². The Morgan fingerprint density at radius 3 is 2.26 bits per heavy atom. The van der Waals surface area contributed by atoms with Gasteiger partial charge >= 0.3 is 12.1 Å². The molecule has 6 nitrogen and oxygen atoms in total. The molecule has 148 valence electrons. The molecule has 2 aliphatic rings. The van der Waals surface area contributed by atoms with Gasteiger partial charge in [0.1, 0.15) is 11.2 Å². The van der Waals surface area contributed by atoms with Crippen LogP contribution >= 0.6 is 0 Å². The van der Waals surface area contributed by atoms with Gasteiger partial charge in [0.2, 0.25) is 0 Å². The van der Waals surface area contributed by atoms with Crippen molar-refractivity contribution in [1.29, 1.82) is 0 Å². The third kappa shape index (κ3) is 5.01. The fourth-order valence-corrected chi connectivity index (χ4v) is 3.74. The van der Waals surface area contributed by atoms with Crippen LogP contribution in [0.1, 0.15) is 51.7 Å². The van der Waals surface area contributed by atoms with E-state index in [1.165, 1.54) is 18.1 Å². The van der Waals surface area contributed by atoms with Crippen molar-refractivity contribution in [2.24, 2.45) is 0 Å². The van der Waals surface area contributed by atoms with Crippen LogP contribution in [0, 0.1) is 0 Å². The normalized spacial score (nSPS) is 19.8. The maximum atomic E-state index is 12.0. The Balaban J connectivity index is 1.44. The van der Waals surface area contributed by atoms with Crippen LogP contribution in [0.4, 0.5) is 4.79 Å². The molecule has 2 saturated heterocycles. The van der Waals surface area contributed by atoms with E-state index in [4.69, 9.17) is 9.47 Å². The summed E-state index contributed by atoms with van der Waals surface area (Å²) < 4.78 is 10.7. The lowest BCUT2D eigenvalue weighted by Crippen LogP contribution is -2.61. The third-order valence-electron chi connectivity index (χ3n) is 4.90. The maximum Gasteiger partial charge on any atom is 0.410 e. The minimum absolute atomic E-state index is 0.220. The van der Waals surface area contributed by atoms with Gasteiger partial charge in [-0.05, 0) is 38.8 Å². The topological polar surface area (TPSA) is 59.1 Å². The van der Waals surface area contributed by atoms with Gasteiger partial charge in [-0.15, -0.1) is 0 Å². The number of hydrogen-bond acceptors (Lipinski definition) is 5. The number of carbonyl (C=O) groups excluding carboxylic acids is 2. The van der Waals surface area contributed by atoms with Gasteiger partial charge < -0.3 is 14.4 Å². The first kappa shape index (κ1) is 19.7. The molecule has 3 rings (SSSR count). The SMILES string of the molecule is CC(=O)OC1(C)CN(Cc2ccc(C3CN(C(=O)OC(C)(C)C)C3)cc2)C1. The molecule has 0 N–H and O–H groups in total. The molecule has 1 aromatic rings. The van der Waals surface area contributed by atoms with Gasteiger partial charge in [0.25, 0.3) is 0 Å². The maximum absolute atomic E-state index is 12.0. The molecule has 0 saturated carbocycles. The summed E-state index contributed by atoms with van der Waals surface area (Å²) in [5, 5.41) is 0. The monoisotopic (exact) mass is 374 g/mol. The molecule has 27 heavy (non-hydrogen) atoms. The first-order valence-corrected chi connectivity index (χ1v) is 9.52. The number of amides is 1. The second kappa shape index (κ2) is 7.15. The van der Waals surface area contributed by atoms with Crippen molar-refractivity contribution in [1.82, 2.24) is 9.80 Å². The average Bonchev–Trinajstić information content (AvgIpc) is 2.43. The van der Waals surface area contributed by atoms with Crippen molar-refractivity contribution in [3.8, 4) is 0 Å². The lowest BCUT2D eigenvalue weighted by molar-refractivity contribution is -0.174. The minimum Gasteiger partial charge on any atom is -0.457 e. The highest BCUT2D eigenvalue weighted by molar-refractivity contribution is 5.69. The molecule has 0 aromatic heterocycles. The molecule has 1 aromatic carbocycles. The number of ether oxygens (including phenoxy) is 2. The van der Waals surface area contributed by atoms with Crippen LogP contribution in [-0.4, -0.2) is 59.2 Å². The van der Waals surface area contributed by atoms with Crippen molar-refractivity contribution in [3.63, 3.8) is 0 Å². The molecule has 0 spiro atoms. The van der Waals surface area contributed by atoms with Crippen LogP contribution in [0.3, 0.4) is 0 Å². The van der Waals surface area contributed by atoms with Crippen LogP contribution in [-0.2, 0) is 20.8 Å². The summed E-state index contributed by atoms with van der Waals surface area (Å²) in [6.45, 7) is 12.9. The van der Waals surface area contributed by atoms with Crippen molar-refractivity contribution in [2.75, 3.05) is 26.2 Å². The Morgan fingerprint density at radius 2 is 1.74 bits per heavy atom. The first-order chi connectivity index (χ1) is 12.5. The largest absolute Gasteiger partial charge is 0.457 e. The number of carbonyl (C=O) groups is 2. The second-order valence-electron chi connectivity index (χ2n) is 9.01. The fourth-order valence-electron chi connectivity index (χ4n) is 3.74. The molecular formula is C21H30N2O4. The Hall–Kier alpha value is -2.08. The van der Waals surface area contributed by atoms with Crippen LogP contribution in [0.15, 0.2) is 24.3 Å². The lowest BCUT2D eigenvalue weighted by atomic mass is 9.91. The number of esters is 1. The summed E-state index contributed by atoms with van der Waals surface area (Å²) in [6.07, 6.45) is -0.232. The molecule has 0 atom stereocenters. The average molecular weight is 374 g/mol. The summed E-state index contributed by atoms with van der Waals surface area (Å²) >= 11 is 0. The van der Waals surface area contributed by atoms with E-state index in [-0.39, 0.29) is 17.7 Å². The molecule has 2 aliphatic heterocycles. The van der Waals surface area contributed by atoms with Gasteiger partial charge in [-0.3, -0.25) is 9.69 Å². The van der Waals surface area contributed by atoms with Gasteiger partial charge in [0.15, 0.2) is 0 Å².